The summed E-state index contributed by atoms with van der Waals surface area (Å²) < 4.78 is 5.27. The van der Waals surface area contributed by atoms with Crippen molar-refractivity contribution in [2.45, 2.75) is 37.3 Å². The Hall–Kier alpha value is -3.15. The molecule has 2 aliphatic rings. The Morgan fingerprint density at radius 2 is 1.57 bits per heavy atom. The Balaban J connectivity index is 1.33. The molecule has 0 saturated carbocycles. The van der Waals surface area contributed by atoms with Crippen LogP contribution < -0.4 is 4.74 Å². The SMILES string of the molecule is COc1ccc(-c2ccc([C@@H]3[C@H](CO)N4CCCCN(C(=O)Cc5ccccc5)C[C@@H]34)cc2)cc1. The number of benzene rings is 3. The third-order valence-corrected chi connectivity index (χ3v) is 7.64. The zero-order chi connectivity index (χ0) is 24.2. The molecule has 1 amide bonds. The summed E-state index contributed by atoms with van der Waals surface area (Å²) >= 11 is 0. The first-order chi connectivity index (χ1) is 17.2. The highest BCUT2D eigenvalue weighted by Crippen LogP contribution is 2.42. The van der Waals surface area contributed by atoms with Crippen LogP contribution >= 0.6 is 0 Å². The molecular weight excluding hydrogens is 436 g/mol. The lowest BCUT2D eigenvalue weighted by atomic mass is 9.74. The first-order valence-electron chi connectivity index (χ1n) is 12.6. The number of methoxy groups -OCH3 is 1. The van der Waals surface area contributed by atoms with Crippen LogP contribution in [0.25, 0.3) is 11.1 Å². The second-order valence-electron chi connectivity index (χ2n) is 9.64. The molecule has 0 spiro atoms. The lowest BCUT2D eigenvalue weighted by Crippen LogP contribution is -2.68. The van der Waals surface area contributed by atoms with Crippen LogP contribution in [-0.2, 0) is 11.2 Å². The summed E-state index contributed by atoms with van der Waals surface area (Å²) in [6.45, 7) is 2.65. The number of fused-ring (bicyclic) bond motifs is 1. The summed E-state index contributed by atoms with van der Waals surface area (Å²) in [5, 5.41) is 10.2. The number of rotatable bonds is 6. The molecule has 2 saturated heterocycles. The molecule has 182 valence electrons. The van der Waals surface area contributed by atoms with Crippen molar-refractivity contribution < 1.29 is 14.6 Å². The van der Waals surface area contributed by atoms with Gasteiger partial charge < -0.3 is 14.7 Å². The largest absolute Gasteiger partial charge is 0.497 e. The molecule has 5 heteroatoms. The number of carbonyl (C=O) groups is 1. The van der Waals surface area contributed by atoms with Gasteiger partial charge in [-0.2, -0.15) is 0 Å². The monoisotopic (exact) mass is 470 g/mol. The molecule has 1 N–H and O–H groups in total. The summed E-state index contributed by atoms with van der Waals surface area (Å²) in [5.74, 6) is 1.26. The van der Waals surface area contributed by atoms with Crippen LogP contribution in [0.2, 0.25) is 0 Å². The third-order valence-electron chi connectivity index (χ3n) is 7.64. The predicted octanol–water partition coefficient (Wildman–Crippen LogP) is 4.36. The van der Waals surface area contributed by atoms with Gasteiger partial charge in [-0.25, -0.2) is 0 Å². The topological polar surface area (TPSA) is 53.0 Å². The summed E-state index contributed by atoms with van der Waals surface area (Å²) in [6, 6.07) is 27.1. The van der Waals surface area contributed by atoms with Crippen molar-refractivity contribution >= 4 is 5.91 Å². The van der Waals surface area contributed by atoms with Crippen LogP contribution in [0.5, 0.6) is 5.75 Å². The van der Waals surface area contributed by atoms with Crippen LogP contribution in [-0.4, -0.2) is 66.2 Å². The molecule has 0 radical (unpaired) electrons. The van der Waals surface area contributed by atoms with Gasteiger partial charge in [-0.05, 0) is 53.8 Å². The van der Waals surface area contributed by atoms with Crippen molar-refractivity contribution in [1.82, 2.24) is 9.80 Å². The van der Waals surface area contributed by atoms with E-state index >= 15 is 0 Å². The number of nitrogens with zero attached hydrogens (tertiary/aromatic N) is 2. The minimum Gasteiger partial charge on any atom is -0.497 e. The van der Waals surface area contributed by atoms with Gasteiger partial charge >= 0.3 is 0 Å². The molecular formula is C30H34N2O3. The Morgan fingerprint density at radius 3 is 2.23 bits per heavy atom. The van der Waals surface area contributed by atoms with E-state index in [2.05, 4.69) is 46.2 Å². The minimum absolute atomic E-state index is 0.107. The molecule has 5 nitrogen and oxygen atoms in total. The Morgan fingerprint density at radius 1 is 0.914 bits per heavy atom. The molecule has 0 aliphatic carbocycles. The van der Waals surface area contributed by atoms with Crippen LogP contribution in [0, 0.1) is 0 Å². The number of aliphatic hydroxyl groups is 1. The predicted molar refractivity (Wildman–Crippen MR) is 138 cm³/mol. The molecule has 35 heavy (non-hydrogen) atoms. The second kappa shape index (κ2) is 10.6. The average molecular weight is 471 g/mol. The van der Waals surface area contributed by atoms with Gasteiger partial charge in [0.05, 0.1) is 20.1 Å². The van der Waals surface area contributed by atoms with E-state index in [4.69, 9.17) is 4.74 Å². The lowest BCUT2D eigenvalue weighted by Gasteiger charge is -2.57. The van der Waals surface area contributed by atoms with Gasteiger partial charge in [-0.1, -0.05) is 66.7 Å². The Labute approximate surface area is 208 Å². The van der Waals surface area contributed by atoms with Crippen LogP contribution in [0.4, 0.5) is 0 Å². The van der Waals surface area contributed by atoms with Crippen LogP contribution in [0.15, 0.2) is 78.9 Å². The van der Waals surface area contributed by atoms with E-state index in [0.717, 1.165) is 48.4 Å². The van der Waals surface area contributed by atoms with Gasteiger partial charge in [0.25, 0.3) is 0 Å². The molecule has 0 aromatic heterocycles. The molecule has 2 heterocycles. The number of ether oxygens (including phenoxy) is 1. The van der Waals surface area contributed by atoms with Crippen molar-refractivity contribution in [1.29, 1.82) is 0 Å². The molecule has 3 atom stereocenters. The number of aliphatic hydroxyl groups excluding tert-OH is 1. The zero-order valence-corrected chi connectivity index (χ0v) is 20.3. The van der Waals surface area contributed by atoms with Gasteiger partial charge in [0, 0.05) is 31.1 Å². The lowest BCUT2D eigenvalue weighted by molar-refractivity contribution is -0.135. The fourth-order valence-corrected chi connectivity index (χ4v) is 5.73. The quantitative estimate of drug-likeness (QED) is 0.582. The highest BCUT2D eigenvalue weighted by molar-refractivity contribution is 5.79. The molecule has 2 aliphatic heterocycles. The van der Waals surface area contributed by atoms with Gasteiger partial charge in [0.15, 0.2) is 0 Å². The molecule has 0 unspecified atom stereocenters. The number of amides is 1. The van der Waals surface area contributed by atoms with Crippen molar-refractivity contribution in [2.75, 3.05) is 33.4 Å². The summed E-state index contributed by atoms with van der Waals surface area (Å²) in [6.07, 6.45) is 2.49. The van der Waals surface area contributed by atoms with Gasteiger partial charge in [-0.15, -0.1) is 0 Å². The maximum atomic E-state index is 13.2. The molecule has 3 aromatic rings. The van der Waals surface area contributed by atoms with Gasteiger partial charge in [0.1, 0.15) is 5.75 Å². The fourth-order valence-electron chi connectivity index (χ4n) is 5.73. The first-order valence-corrected chi connectivity index (χ1v) is 12.6. The normalized spacial score (nSPS) is 22.5. The van der Waals surface area contributed by atoms with E-state index in [9.17, 15) is 9.90 Å². The van der Waals surface area contributed by atoms with Crippen molar-refractivity contribution in [3.05, 3.63) is 90.0 Å². The average Bonchev–Trinajstić information content (AvgIpc) is 2.89. The summed E-state index contributed by atoms with van der Waals surface area (Å²) in [4.78, 5) is 17.7. The molecule has 2 fully saturated rings. The summed E-state index contributed by atoms with van der Waals surface area (Å²) in [7, 11) is 1.68. The van der Waals surface area contributed by atoms with E-state index in [1.807, 2.05) is 42.5 Å². The highest BCUT2D eigenvalue weighted by atomic mass is 16.5. The minimum atomic E-state index is 0.107. The number of carbonyl (C=O) groups excluding carboxylic acids is 1. The number of hydrogen-bond acceptors (Lipinski definition) is 4. The standard InChI is InChI=1S/C30H34N2O3/c1-35-26-15-13-24(14-16-26)23-9-11-25(12-10-23)30-27-20-31(17-5-6-18-32(27)28(30)21-33)29(34)19-22-7-3-2-4-8-22/h2-4,7-16,27-28,30,33H,5-6,17-21H2,1H3/t27-,28-,30-/m0/s1. The van der Waals surface area contributed by atoms with Crippen LogP contribution in [0.1, 0.15) is 29.9 Å². The first kappa shape index (κ1) is 23.6. The van der Waals surface area contributed by atoms with E-state index in [0.29, 0.717) is 13.0 Å². The van der Waals surface area contributed by atoms with Crippen LogP contribution in [0.3, 0.4) is 0 Å². The van der Waals surface area contributed by atoms with Crippen molar-refractivity contribution in [3.63, 3.8) is 0 Å². The van der Waals surface area contributed by atoms with Gasteiger partial charge in [0.2, 0.25) is 5.91 Å². The zero-order valence-electron chi connectivity index (χ0n) is 20.3. The molecule has 0 bridgehead atoms. The third kappa shape index (κ3) is 4.97. The Kier molecular flexibility index (Phi) is 7.16. The highest BCUT2D eigenvalue weighted by Gasteiger charge is 2.49. The van der Waals surface area contributed by atoms with Crippen molar-refractivity contribution in [3.8, 4) is 16.9 Å². The second-order valence-corrected chi connectivity index (χ2v) is 9.64. The van der Waals surface area contributed by atoms with Gasteiger partial charge in [-0.3, -0.25) is 9.69 Å². The fraction of sp³-hybridized carbons (Fsp3) is 0.367. The maximum absolute atomic E-state index is 13.2. The summed E-state index contributed by atoms with van der Waals surface area (Å²) in [5.41, 5.74) is 4.60. The molecule has 3 aromatic carbocycles. The smallest absolute Gasteiger partial charge is 0.227 e. The number of hydrogen-bond donors (Lipinski definition) is 1. The van der Waals surface area contributed by atoms with E-state index < -0.39 is 0 Å². The van der Waals surface area contributed by atoms with E-state index in [1.54, 1.807) is 7.11 Å². The van der Waals surface area contributed by atoms with Crippen molar-refractivity contribution in [2.24, 2.45) is 0 Å². The maximum Gasteiger partial charge on any atom is 0.227 e. The Bertz CT molecular complexity index is 1110. The molecule has 5 rings (SSSR count). The van der Waals surface area contributed by atoms with E-state index in [1.165, 1.54) is 5.56 Å². The van der Waals surface area contributed by atoms with E-state index in [-0.39, 0.29) is 30.5 Å².